The Morgan fingerprint density at radius 1 is 1.03 bits per heavy atom. The number of hydrogen-bond donors (Lipinski definition) is 0. The van der Waals surface area contributed by atoms with Crippen LogP contribution < -0.4 is 4.74 Å². The fourth-order valence-corrected chi connectivity index (χ4v) is 4.83. The third kappa shape index (κ3) is 6.89. The number of benzene rings is 2. The summed E-state index contributed by atoms with van der Waals surface area (Å²) in [7, 11) is 1.58. The normalized spacial score (nSPS) is 17.0. The molecule has 1 heterocycles. The lowest BCUT2D eigenvalue weighted by Gasteiger charge is -2.31. The number of thioether (sulfide) groups is 1. The molecule has 0 aliphatic carbocycles. The van der Waals surface area contributed by atoms with Gasteiger partial charge in [-0.25, -0.2) is 4.99 Å². The number of halogens is 3. The van der Waals surface area contributed by atoms with Gasteiger partial charge in [0.05, 0.1) is 23.3 Å². The largest absolute Gasteiger partial charge is 0.497 e. The molecule has 2 aromatic rings. The molecule has 0 N–H and O–H groups in total. The second kappa shape index (κ2) is 11.3. The minimum atomic E-state index is -4.41. The average molecular weight is 506 g/mol. The summed E-state index contributed by atoms with van der Waals surface area (Å²) in [6, 6.07) is 12.6. The van der Waals surface area contributed by atoms with Gasteiger partial charge in [-0.05, 0) is 87.5 Å². The van der Waals surface area contributed by atoms with Crippen LogP contribution in [0.1, 0.15) is 38.8 Å². The van der Waals surface area contributed by atoms with Crippen LogP contribution >= 0.6 is 11.8 Å². The van der Waals surface area contributed by atoms with Gasteiger partial charge in [-0.15, -0.1) is 0 Å². The predicted molar refractivity (Wildman–Crippen MR) is 136 cm³/mol. The lowest BCUT2D eigenvalue weighted by Crippen LogP contribution is -2.43. The van der Waals surface area contributed by atoms with Crippen LogP contribution in [-0.4, -0.2) is 53.2 Å². The van der Waals surface area contributed by atoms with E-state index in [9.17, 15) is 18.0 Å². The van der Waals surface area contributed by atoms with Gasteiger partial charge in [0.1, 0.15) is 5.75 Å². The van der Waals surface area contributed by atoms with Crippen molar-refractivity contribution < 1.29 is 22.7 Å². The number of aliphatic imine (C=N–C) groups is 1. The van der Waals surface area contributed by atoms with E-state index >= 15 is 0 Å². The molecule has 2 aromatic carbocycles. The van der Waals surface area contributed by atoms with Gasteiger partial charge in [0.25, 0.3) is 5.91 Å². The van der Waals surface area contributed by atoms with E-state index in [-0.39, 0.29) is 5.91 Å². The number of carbonyl (C=O) groups is 1. The van der Waals surface area contributed by atoms with Gasteiger partial charge in [-0.3, -0.25) is 14.6 Å². The molecule has 1 saturated heterocycles. The zero-order chi connectivity index (χ0) is 25.8. The molecule has 0 saturated carbocycles. The summed E-state index contributed by atoms with van der Waals surface area (Å²) in [5, 5.41) is 0.533. The van der Waals surface area contributed by atoms with Crippen molar-refractivity contribution in [1.82, 2.24) is 9.80 Å². The van der Waals surface area contributed by atoms with Crippen LogP contribution in [0.3, 0.4) is 0 Å². The van der Waals surface area contributed by atoms with Gasteiger partial charge in [-0.1, -0.05) is 12.1 Å². The van der Waals surface area contributed by atoms with Crippen molar-refractivity contribution in [3.05, 3.63) is 64.6 Å². The minimum absolute atomic E-state index is 0.213. The summed E-state index contributed by atoms with van der Waals surface area (Å²) < 4.78 is 43.9. The second-order valence-corrected chi connectivity index (χ2v) is 9.71. The van der Waals surface area contributed by atoms with E-state index in [1.807, 2.05) is 0 Å². The Morgan fingerprint density at radius 3 is 2.14 bits per heavy atom. The van der Waals surface area contributed by atoms with Crippen LogP contribution in [0.4, 0.5) is 18.9 Å². The summed E-state index contributed by atoms with van der Waals surface area (Å²) >= 11 is 1.22. The van der Waals surface area contributed by atoms with Gasteiger partial charge >= 0.3 is 6.18 Å². The van der Waals surface area contributed by atoms with Crippen molar-refractivity contribution in [2.75, 3.05) is 20.2 Å². The van der Waals surface area contributed by atoms with E-state index in [1.54, 1.807) is 42.4 Å². The summed E-state index contributed by atoms with van der Waals surface area (Å²) in [6.45, 7) is 9.57. The quantitative estimate of drug-likeness (QED) is 0.388. The molecular formula is C26H30F3N3O2S. The average Bonchev–Trinajstić information content (AvgIpc) is 3.08. The first-order valence-electron chi connectivity index (χ1n) is 11.4. The molecule has 0 aromatic heterocycles. The molecule has 0 spiro atoms. The van der Waals surface area contributed by atoms with Crippen molar-refractivity contribution in [2.45, 2.75) is 46.0 Å². The van der Waals surface area contributed by atoms with Gasteiger partial charge in [0.2, 0.25) is 0 Å². The van der Waals surface area contributed by atoms with E-state index in [2.05, 4.69) is 32.6 Å². The van der Waals surface area contributed by atoms with Crippen LogP contribution in [0.15, 0.2) is 58.4 Å². The Kier molecular flexibility index (Phi) is 8.66. The molecule has 188 valence electrons. The number of ether oxygens (including phenoxy) is 1. The number of amides is 1. The molecule has 3 rings (SSSR count). The molecule has 0 radical (unpaired) electrons. The molecule has 0 bridgehead atoms. The van der Waals surface area contributed by atoms with E-state index < -0.39 is 11.7 Å². The predicted octanol–water partition coefficient (Wildman–Crippen LogP) is 6.44. The Balaban J connectivity index is 1.90. The molecule has 1 aliphatic heterocycles. The highest BCUT2D eigenvalue weighted by Gasteiger charge is 2.34. The third-order valence-electron chi connectivity index (χ3n) is 5.63. The zero-order valence-corrected chi connectivity index (χ0v) is 21.3. The zero-order valence-electron chi connectivity index (χ0n) is 20.5. The lowest BCUT2D eigenvalue weighted by atomic mass is 10.1. The summed E-state index contributed by atoms with van der Waals surface area (Å²) in [6.07, 6.45) is -2.79. The van der Waals surface area contributed by atoms with Crippen molar-refractivity contribution in [2.24, 2.45) is 4.99 Å². The number of carbonyl (C=O) groups excluding carboxylic acids is 1. The molecule has 35 heavy (non-hydrogen) atoms. The van der Waals surface area contributed by atoms with E-state index in [0.717, 1.165) is 12.1 Å². The Hall–Kier alpha value is -2.78. The molecule has 5 nitrogen and oxygen atoms in total. The number of hydrogen-bond acceptors (Lipinski definition) is 5. The molecule has 1 amide bonds. The minimum Gasteiger partial charge on any atom is -0.497 e. The first kappa shape index (κ1) is 26.8. The first-order chi connectivity index (χ1) is 16.5. The maximum atomic E-state index is 13.3. The standard InChI is InChI=1S/C26H30F3N3O2S/c1-17(2)31(18(3)4)14-15-32-24(33)23(16-19-6-8-20(9-7-19)26(27,28)29)35-25(32)30-21-10-12-22(34-5)13-11-21/h6-13,16-18H,14-15H2,1-5H3. The SMILES string of the molecule is COc1ccc(N=C2SC(=Cc3ccc(C(F)(F)F)cc3)C(=O)N2CCN(C(C)C)C(C)C)cc1. The molecule has 9 heteroatoms. The van der Waals surface area contributed by atoms with E-state index in [0.29, 0.717) is 52.2 Å². The summed E-state index contributed by atoms with van der Waals surface area (Å²) in [5.41, 5.74) is 0.466. The molecule has 1 fully saturated rings. The van der Waals surface area contributed by atoms with Crippen molar-refractivity contribution in [3.63, 3.8) is 0 Å². The third-order valence-corrected chi connectivity index (χ3v) is 6.64. The maximum Gasteiger partial charge on any atom is 0.416 e. The molecular weight excluding hydrogens is 475 g/mol. The lowest BCUT2D eigenvalue weighted by molar-refractivity contribution is -0.137. The van der Waals surface area contributed by atoms with Crippen molar-refractivity contribution >= 4 is 34.6 Å². The topological polar surface area (TPSA) is 45.1 Å². The summed E-state index contributed by atoms with van der Waals surface area (Å²) in [4.78, 5) is 22.4. The van der Waals surface area contributed by atoms with Crippen LogP contribution in [0.2, 0.25) is 0 Å². The van der Waals surface area contributed by atoms with E-state index in [4.69, 9.17) is 9.73 Å². The van der Waals surface area contributed by atoms with Gasteiger partial charge in [0.15, 0.2) is 5.17 Å². The first-order valence-corrected chi connectivity index (χ1v) is 12.2. The van der Waals surface area contributed by atoms with Crippen LogP contribution in [0.25, 0.3) is 6.08 Å². The number of rotatable bonds is 8. The summed E-state index contributed by atoms with van der Waals surface area (Å²) in [5.74, 6) is 0.489. The number of amidine groups is 1. The van der Waals surface area contributed by atoms with Crippen LogP contribution in [0, 0.1) is 0 Å². The highest BCUT2D eigenvalue weighted by Crippen LogP contribution is 2.35. The molecule has 0 atom stereocenters. The molecule has 1 aliphatic rings. The Morgan fingerprint density at radius 2 is 1.63 bits per heavy atom. The second-order valence-electron chi connectivity index (χ2n) is 8.70. The van der Waals surface area contributed by atoms with Crippen molar-refractivity contribution in [1.29, 1.82) is 0 Å². The fraction of sp³-hybridized carbons (Fsp3) is 0.385. The van der Waals surface area contributed by atoms with Gasteiger partial charge < -0.3 is 4.74 Å². The smallest absolute Gasteiger partial charge is 0.416 e. The van der Waals surface area contributed by atoms with Crippen LogP contribution in [-0.2, 0) is 11.0 Å². The monoisotopic (exact) mass is 505 g/mol. The number of nitrogens with zero attached hydrogens (tertiary/aromatic N) is 3. The van der Waals surface area contributed by atoms with Gasteiger partial charge in [-0.2, -0.15) is 13.2 Å². The van der Waals surface area contributed by atoms with Gasteiger partial charge in [0, 0.05) is 25.2 Å². The van der Waals surface area contributed by atoms with Crippen LogP contribution in [0.5, 0.6) is 5.75 Å². The highest BCUT2D eigenvalue weighted by atomic mass is 32.2. The molecule has 0 unspecified atom stereocenters. The number of methoxy groups -OCH3 is 1. The highest BCUT2D eigenvalue weighted by molar-refractivity contribution is 8.18. The van der Waals surface area contributed by atoms with E-state index in [1.165, 1.54) is 23.9 Å². The maximum absolute atomic E-state index is 13.3. The Labute approximate surface area is 208 Å². The fourth-order valence-electron chi connectivity index (χ4n) is 3.80. The Bertz CT molecular complexity index is 1070. The number of alkyl halides is 3. The van der Waals surface area contributed by atoms with Crippen molar-refractivity contribution in [3.8, 4) is 5.75 Å².